The zero-order valence-electron chi connectivity index (χ0n) is 22.6. The minimum atomic E-state index is -0.849. The summed E-state index contributed by atoms with van der Waals surface area (Å²) in [7, 11) is 0. The van der Waals surface area contributed by atoms with E-state index in [1.54, 1.807) is 0 Å². The van der Waals surface area contributed by atoms with Crippen LogP contribution in [0.25, 0.3) is 0 Å². The molecule has 1 aromatic rings. The van der Waals surface area contributed by atoms with Gasteiger partial charge in [0.15, 0.2) is 6.29 Å². The molecule has 37 heavy (non-hydrogen) atoms. The van der Waals surface area contributed by atoms with Crippen molar-refractivity contribution in [2.75, 3.05) is 46.1 Å². The summed E-state index contributed by atoms with van der Waals surface area (Å²) >= 11 is 0. The summed E-state index contributed by atoms with van der Waals surface area (Å²) in [6.45, 7) is 11.4. The van der Waals surface area contributed by atoms with Gasteiger partial charge in [0.05, 0.1) is 38.9 Å². The first-order chi connectivity index (χ1) is 17.7. The first-order valence-electron chi connectivity index (χ1n) is 13.6. The van der Waals surface area contributed by atoms with E-state index in [0.717, 1.165) is 36.1 Å². The summed E-state index contributed by atoms with van der Waals surface area (Å²) in [6, 6.07) is 5.65. The highest BCUT2D eigenvalue weighted by atomic mass is 16.7. The molecule has 0 aliphatic carbocycles. The van der Waals surface area contributed by atoms with Crippen LogP contribution in [0.5, 0.6) is 5.75 Å². The van der Waals surface area contributed by atoms with Crippen molar-refractivity contribution >= 4 is 11.9 Å². The lowest BCUT2D eigenvalue weighted by atomic mass is 9.77. The molecule has 1 unspecified atom stereocenters. The van der Waals surface area contributed by atoms with Gasteiger partial charge in [-0.2, -0.15) is 0 Å². The quantitative estimate of drug-likeness (QED) is 0.420. The number of fused-ring (bicyclic) bond motifs is 1. The normalized spacial score (nSPS) is 24.3. The van der Waals surface area contributed by atoms with Gasteiger partial charge in [0.25, 0.3) is 5.91 Å². The number of carbonyl (C=O) groups is 2. The van der Waals surface area contributed by atoms with Crippen LogP contribution in [-0.4, -0.2) is 85.3 Å². The van der Waals surface area contributed by atoms with Crippen LogP contribution in [0.3, 0.4) is 0 Å². The number of aliphatic carboxylic acids is 1. The summed E-state index contributed by atoms with van der Waals surface area (Å²) < 4.78 is 17.3. The van der Waals surface area contributed by atoms with Crippen LogP contribution in [0, 0.1) is 11.3 Å². The highest BCUT2D eigenvalue weighted by Crippen LogP contribution is 2.45. The molecule has 1 amide bonds. The van der Waals surface area contributed by atoms with Crippen molar-refractivity contribution in [2.45, 2.75) is 71.6 Å². The Kier molecular flexibility index (Phi) is 9.11. The number of ether oxygens (including phenoxy) is 3. The maximum atomic E-state index is 13.4. The summed E-state index contributed by atoms with van der Waals surface area (Å²) in [6.07, 6.45) is 2.53. The van der Waals surface area contributed by atoms with Gasteiger partial charge in [-0.15, -0.1) is 0 Å². The lowest BCUT2D eigenvalue weighted by Gasteiger charge is -2.37. The van der Waals surface area contributed by atoms with E-state index in [2.05, 4.69) is 19.9 Å². The van der Waals surface area contributed by atoms with Crippen molar-refractivity contribution in [3.63, 3.8) is 0 Å². The highest BCUT2D eigenvalue weighted by Gasteiger charge is 2.50. The predicted octanol–water partition coefficient (Wildman–Crippen LogP) is 3.46. The van der Waals surface area contributed by atoms with Gasteiger partial charge in [-0.05, 0) is 36.5 Å². The van der Waals surface area contributed by atoms with E-state index in [1.807, 2.05) is 30.9 Å². The molecule has 9 heteroatoms. The van der Waals surface area contributed by atoms with E-state index < -0.39 is 23.6 Å². The van der Waals surface area contributed by atoms with Gasteiger partial charge in [0.1, 0.15) is 5.75 Å². The molecule has 4 rings (SSSR count). The van der Waals surface area contributed by atoms with Gasteiger partial charge in [0.2, 0.25) is 0 Å². The second kappa shape index (κ2) is 12.1. The number of hydrogen-bond donors (Lipinski definition) is 1. The first kappa shape index (κ1) is 27.8. The Morgan fingerprint density at radius 3 is 2.59 bits per heavy atom. The van der Waals surface area contributed by atoms with Crippen LogP contribution < -0.4 is 4.74 Å². The zero-order valence-corrected chi connectivity index (χ0v) is 22.6. The predicted molar refractivity (Wildman–Crippen MR) is 137 cm³/mol. The van der Waals surface area contributed by atoms with Gasteiger partial charge in [-0.25, -0.2) is 5.06 Å². The largest absolute Gasteiger partial charge is 0.493 e. The fraction of sp³-hybridized carbons (Fsp3) is 0.714. The Balaban J connectivity index is 1.63. The third-order valence-electron chi connectivity index (χ3n) is 7.66. The Morgan fingerprint density at radius 2 is 1.92 bits per heavy atom. The second-order valence-corrected chi connectivity index (χ2v) is 11.0. The Bertz CT molecular complexity index is 946. The molecule has 2 saturated heterocycles. The Morgan fingerprint density at radius 1 is 1.16 bits per heavy atom. The molecule has 3 atom stereocenters. The fourth-order valence-electron chi connectivity index (χ4n) is 5.88. The smallest absolute Gasteiger partial charge is 0.308 e. The van der Waals surface area contributed by atoms with Gasteiger partial charge >= 0.3 is 5.97 Å². The SMILES string of the molecule is CCCON(CCC)C(=O)CN1C[C@H](c2ccc3c(c2)CCO3)C(C(=O)O)[C@@H]1CC(C)(C)C1OCCO1. The number of hydrogen-bond acceptors (Lipinski definition) is 7. The highest BCUT2D eigenvalue weighted by molar-refractivity contribution is 5.78. The molecular weight excluding hydrogens is 476 g/mol. The van der Waals surface area contributed by atoms with Crippen LogP contribution in [0.1, 0.15) is 64.0 Å². The zero-order chi connectivity index (χ0) is 26.6. The molecule has 206 valence electrons. The standard InChI is InChI=1S/C28H42N2O7/c1-5-10-30(37-11-6-2)24(31)18-29-17-21(19-7-8-23-20(15-19)9-12-34-23)25(26(32)33)22(29)16-28(3,4)27-35-13-14-36-27/h7-8,15,21-22,25,27H,5-6,9-14,16-18H2,1-4H3,(H,32,33)/t21-,22+,25?/m1/s1. The number of likely N-dealkylation sites (tertiary alicyclic amines) is 1. The van der Waals surface area contributed by atoms with E-state index in [9.17, 15) is 14.7 Å². The molecule has 0 bridgehead atoms. The number of amides is 1. The summed E-state index contributed by atoms with van der Waals surface area (Å²) in [5.74, 6) is -1.04. The molecule has 3 heterocycles. The van der Waals surface area contributed by atoms with Gasteiger partial charge in [-0.3, -0.25) is 19.3 Å². The molecule has 1 N–H and O–H groups in total. The van der Waals surface area contributed by atoms with Crippen LogP contribution >= 0.6 is 0 Å². The molecule has 3 aliphatic heterocycles. The number of carbonyl (C=O) groups excluding carboxylic acids is 1. The number of nitrogens with zero attached hydrogens (tertiary/aromatic N) is 2. The van der Waals surface area contributed by atoms with Crippen LogP contribution in [0.4, 0.5) is 0 Å². The molecule has 0 saturated carbocycles. The summed E-state index contributed by atoms with van der Waals surface area (Å²) in [5.41, 5.74) is 1.66. The molecule has 0 aromatic heterocycles. The third kappa shape index (κ3) is 6.28. The van der Waals surface area contributed by atoms with Crippen LogP contribution in [0.2, 0.25) is 0 Å². The third-order valence-corrected chi connectivity index (χ3v) is 7.66. The number of rotatable bonds is 12. The Hall–Kier alpha value is -2.20. The van der Waals surface area contributed by atoms with Crippen molar-refractivity contribution in [3.8, 4) is 5.75 Å². The molecule has 0 radical (unpaired) electrons. The molecule has 3 aliphatic rings. The minimum absolute atomic E-state index is 0.102. The topological polar surface area (TPSA) is 97.8 Å². The molecule has 9 nitrogen and oxygen atoms in total. The van der Waals surface area contributed by atoms with Crippen molar-refractivity contribution in [2.24, 2.45) is 11.3 Å². The number of benzene rings is 1. The summed E-state index contributed by atoms with van der Waals surface area (Å²) in [4.78, 5) is 34.0. The Labute approximate surface area is 219 Å². The lowest BCUT2D eigenvalue weighted by molar-refractivity contribution is -0.188. The van der Waals surface area contributed by atoms with E-state index in [-0.39, 0.29) is 24.4 Å². The monoisotopic (exact) mass is 518 g/mol. The van der Waals surface area contributed by atoms with Crippen molar-refractivity contribution in [3.05, 3.63) is 29.3 Å². The molecular formula is C28H42N2O7. The lowest BCUT2D eigenvalue weighted by Crippen LogP contribution is -2.47. The maximum Gasteiger partial charge on any atom is 0.308 e. The molecule has 0 spiro atoms. The van der Waals surface area contributed by atoms with Crippen molar-refractivity contribution in [1.29, 1.82) is 0 Å². The minimum Gasteiger partial charge on any atom is -0.493 e. The average molecular weight is 519 g/mol. The first-order valence-corrected chi connectivity index (χ1v) is 13.6. The van der Waals surface area contributed by atoms with E-state index in [4.69, 9.17) is 19.0 Å². The number of carboxylic acids is 1. The average Bonchev–Trinajstić information content (AvgIpc) is 3.61. The fourth-order valence-corrected chi connectivity index (χ4v) is 5.88. The van der Waals surface area contributed by atoms with Crippen molar-refractivity contribution in [1.82, 2.24) is 9.96 Å². The maximum absolute atomic E-state index is 13.4. The van der Waals surface area contributed by atoms with Gasteiger partial charge in [-0.1, -0.05) is 39.8 Å². The molecule has 1 aromatic carbocycles. The van der Waals surface area contributed by atoms with Crippen LogP contribution in [0.15, 0.2) is 18.2 Å². The van der Waals surface area contributed by atoms with E-state index >= 15 is 0 Å². The number of carboxylic acid groups (broad SMARTS) is 1. The number of hydroxylamine groups is 2. The van der Waals surface area contributed by atoms with E-state index in [1.165, 1.54) is 5.06 Å². The summed E-state index contributed by atoms with van der Waals surface area (Å²) in [5, 5.41) is 11.9. The van der Waals surface area contributed by atoms with Gasteiger partial charge in [0, 0.05) is 36.9 Å². The van der Waals surface area contributed by atoms with E-state index in [0.29, 0.717) is 45.9 Å². The molecule has 2 fully saturated rings. The second-order valence-electron chi connectivity index (χ2n) is 11.0. The van der Waals surface area contributed by atoms with Gasteiger partial charge < -0.3 is 19.3 Å². The van der Waals surface area contributed by atoms with Crippen LogP contribution in [-0.2, 0) is 30.3 Å². The van der Waals surface area contributed by atoms with Crippen molar-refractivity contribution < 1.29 is 33.7 Å².